The van der Waals surface area contributed by atoms with Gasteiger partial charge in [0.1, 0.15) is 0 Å². The second-order valence-corrected chi connectivity index (χ2v) is 6.83. The summed E-state index contributed by atoms with van der Waals surface area (Å²) in [5, 5.41) is 3.44. The quantitative estimate of drug-likeness (QED) is 0.469. The molecule has 3 aromatic rings. The highest BCUT2D eigenvalue weighted by Crippen LogP contribution is 2.32. The third-order valence-corrected chi connectivity index (χ3v) is 5.10. The number of benzene rings is 3. The zero-order valence-electron chi connectivity index (χ0n) is 11.8. The summed E-state index contributed by atoms with van der Waals surface area (Å²) in [7, 11) is 0. The number of hydrogen-bond donors (Lipinski definition) is 0. The Morgan fingerprint density at radius 3 is 2.57 bits per heavy atom. The number of fused-ring (bicyclic) bond motifs is 1. The van der Waals surface area contributed by atoms with Gasteiger partial charge in [-0.1, -0.05) is 82.1 Å². The van der Waals surface area contributed by atoms with Crippen LogP contribution in [-0.2, 0) is 6.42 Å². The first kappa shape index (κ1) is 14.6. The average molecular weight is 360 g/mol. The third-order valence-electron chi connectivity index (χ3n) is 3.84. The Hall–Kier alpha value is -1.31. The summed E-state index contributed by atoms with van der Waals surface area (Å²) in [6, 6.07) is 21.3. The molecule has 0 bridgehead atoms. The fraction of sp³-hybridized carbons (Fsp3) is 0.158. The predicted octanol–water partition coefficient (Wildman–Crippen LogP) is 6.48. The van der Waals surface area contributed by atoms with E-state index in [1.807, 2.05) is 6.92 Å². The van der Waals surface area contributed by atoms with Crippen molar-refractivity contribution in [3.63, 3.8) is 0 Å². The first-order valence-corrected chi connectivity index (χ1v) is 8.31. The maximum atomic E-state index is 6.24. The van der Waals surface area contributed by atoms with Gasteiger partial charge in [0, 0.05) is 9.85 Å². The highest BCUT2D eigenvalue weighted by molar-refractivity contribution is 9.09. The molecule has 106 valence electrons. The van der Waals surface area contributed by atoms with Crippen LogP contribution in [0.15, 0.2) is 60.7 Å². The van der Waals surface area contributed by atoms with Crippen molar-refractivity contribution in [3.05, 3.63) is 82.4 Å². The molecular weight excluding hydrogens is 344 g/mol. The van der Waals surface area contributed by atoms with Gasteiger partial charge in [0.05, 0.1) is 0 Å². The molecule has 3 aromatic carbocycles. The zero-order chi connectivity index (χ0) is 14.8. The number of hydrogen-bond acceptors (Lipinski definition) is 0. The van der Waals surface area contributed by atoms with E-state index in [-0.39, 0.29) is 4.83 Å². The molecule has 0 amide bonds. The molecule has 0 aromatic heterocycles. The van der Waals surface area contributed by atoms with Crippen LogP contribution < -0.4 is 0 Å². The molecule has 1 unspecified atom stereocenters. The van der Waals surface area contributed by atoms with Gasteiger partial charge in [-0.3, -0.25) is 0 Å². The van der Waals surface area contributed by atoms with Crippen molar-refractivity contribution in [2.75, 3.05) is 0 Å². The lowest BCUT2D eigenvalue weighted by molar-refractivity contribution is 0.956. The van der Waals surface area contributed by atoms with E-state index >= 15 is 0 Å². The Morgan fingerprint density at radius 2 is 1.76 bits per heavy atom. The first-order chi connectivity index (χ1) is 10.1. The second-order valence-electron chi connectivity index (χ2n) is 5.32. The molecule has 21 heavy (non-hydrogen) atoms. The molecule has 0 spiro atoms. The zero-order valence-corrected chi connectivity index (χ0v) is 14.2. The number of rotatable bonds is 3. The number of alkyl halides is 1. The standard InChI is InChI=1S/C19H16BrCl/c1-13-9-10-16(12-19(13)21)18(20)11-15-7-4-6-14-5-2-3-8-17(14)15/h2-10,12,18H,11H2,1H3. The van der Waals surface area contributed by atoms with Gasteiger partial charge < -0.3 is 0 Å². The average Bonchev–Trinajstić information content (AvgIpc) is 2.50. The second kappa shape index (κ2) is 6.21. The summed E-state index contributed by atoms with van der Waals surface area (Å²) in [5.41, 5.74) is 3.69. The molecule has 0 saturated carbocycles. The van der Waals surface area contributed by atoms with E-state index in [1.165, 1.54) is 21.9 Å². The molecule has 0 heterocycles. The summed E-state index contributed by atoms with van der Waals surface area (Å²) in [6.07, 6.45) is 0.945. The van der Waals surface area contributed by atoms with Crippen LogP contribution >= 0.6 is 27.5 Å². The van der Waals surface area contributed by atoms with Crippen molar-refractivity contribution in [1.29, 1.82) is 0 Å². The van der Waals surface area contributed by atoms with Crippen LogP contribution in [0.3, 0.4) is 0 Å². The lowest BCUT2D eigenvalue weighted by Gasteiger charge is -2.13. The Labute approximate surface area is 138 Å². The summed E-state index contributed by atoms with van der Waals surface area (Å²) in [4.78, 5) is 0.265. The van der Waals surface area contributed by atoms with E-state index in [1.54, 1.807) is 0 Å². The van der Waals surface area contributed by atoms with Crippen LogP contribution in [0.2, 0.25) is 5.02 Å². The van der Waals surface area contributed by atoms with E-state index < -0.39 is 0 Å². The maximum absolute atomic E-state index is 6.24. The van der Waals surface area contributed by atoms with Crippen molar-refractivity contribution in [2.45, 2.75) is 18.2 Å². The Balaban J connectivity index is 1.92. The van der Waals surface area contributed by atoms with Crippen molar-refractivity contribution in [3.8, 4) is 0 Å². The van der Waals surface area contributed by atoms with Crippen molar-refractivity contribution >= 4 is 38.3 Å². The SMILES string of the molecule is Cc1ccc(C(Br)Cc2cccc3ccccc23)cc1Cl. The van der Waals surface area contributed by atoms with Crippen molar-refractivity contribution < 1.29 is 0 Å². The van der Waals surface area contributed by atoms with Crippen LogP contribution in [0.5, 0.6) is 0 Å². The molecule has 0 aliphatic rings. The molecule has 0 nitrogen and oxygen atoms in total. The molecule has 0 aliphatic heterocycles. The van der Waals surface area contributed by atoms with Gasteiger partial charge in [-0.2, -0.15) is 0 Å². The van der Waals surface area contributed by atoms with E-state index in [0.29, 0.717) is 0 Å². The Morgan fingerprint density at radius 1 is 1.00 bits per heavy atom. The molecule has 0 radical (unpaired) electrons. The van der Waals surface area contributed by atoms with Crippen LogP contribution in [0.4, 0.5) is 0 Å². The predicted molar refractivity (Wildman–Crippen MR) is 95.5 cm³/mol. The van der Waals surface area contributed by atoms with Gasteiger partial charge in [0.2, 0.25) is 0 Å². The van der Waals surface area contributed by atoms with Gasteiger partial charge in [-0.05, 0) is 46.9 Å². The molecular formula is C19H16BrCl. The maximum Gasteiger partial charge on any atom is 0.0438 e. The summed E-state index contributed by atoms with van der Waals surface area (Å²) < 4.78 is 0. The van der Waals surface area contributed by atoms with Gasteiger partial charge >= 0.3 is 0 Å². The summed E-state index contributed by atoms with van der Waals surface area (Å²) in [5.74, 6) is 0. The van der Waals surface area contributed by atoms with Gasteiger partial charge in [0.25, 0.3) is 0 Å². The molecule has 1 atom stereocenters. The normalized spacial score (nSPS) is 12.5. The van der Waals surface area contributed by atoms with Crippen molar-refractivity contribution in [1.82, 2.24) is 0 Å². The molecule has 0 saturated heterocycles. The van der Waals surface area contributed by atoms with Crippen LogP contribution in [0.25, 0.3) is 10.8 Å². The fourth-order valence-electron chi connectivity index (χ4n) is 2.59. The van der Waals surface area contributed by atoms with E-state index in [4.69, 9.17) is 11.6 Å². The largest absolute Gasteiger partial charge is 0.0840 e. The van der Waals surface area contributed by atoms with E-state index in [2.05, 4.69) is 76.6 Å². The third kappa shape index (κ3) is 3.14. The lowest BCUT2D eigenvalue weighted by atomic mass is 9.98. The number of aryl methyl sites for hydroxylation is 1. The van der Waals surface area contributed by atoms with Crippen LogP contribution in [0, 0.1) is 6.92 Å². The van der Waals surface area contributed by atoms with Gasteiger partial charge in [-0.15, -0.1) is 0 Å². The number of halogens is 2. The minimum atomic E-state index is 0.265. The Kier molecular flexibility index (Phi) is 4.32. The monoisotopic (exact) mass is 358 g/mol. The van der Waals surface area contributed by atoms with Gasteiger partial charge in [0.15, 0.2) is 0 Å². The van der Waals surface area contributed by atoms with Crippen molar-refractivity contribution in [2.24, 2.45) is 0 Å². The Bertz CT molecular complexity index is 774. The highest BCUT2D eigenvalue weighted by Gasteiger charge is 2.11. The van der Waals surface area contributed by atoms with E-state index in [0.717, 1.165) is 17.0 Å². The van der Waals surface area contributed by atoms with Crippen LogP contribution in [-0.4, -0.2) is 0 Å². The van der Waals surface area contributed by atoms with Gasteiger partial charge in [-0.25, -0.2) is 0 Å². The molecule has 0 aliphatic carbocycles. The highest BCUT2D eigenvalue weighted by atomic mass is 79.9. The minimum Gasteiger partial charge on any atom is -0.0840 e. The van der Waals surface area contributed by atoms with Crippen LogP contribution in [0.1, 0.15) is 21.5 Å². The summed E-state index contributed by atoms with van der Waals surface area (Å²) in [6.45, 7) is 2.03. The topological polar surface area (TPSA) is 0 Å². The smallest absolute Gasteiger partial charge is 0.0438 e. The molecule has 0 fully saturated rings. The molecule has 2 heteroatoms. The summed E-state index contributed by atoms with van der Waals surface area (Å²) >= 11 is 10.0. The fourth-order valence-corrected chi connectivity index (χ4v) is 3.41. The molecule has 3 rings (SSSR count). The minimum absolute atomic E-state index is 0.265. The lowest BCUT2D eigenvalue weighted by Crippen LogP contribution is -1.97. The first-order valence-electron chi connectivity index (χ1n) is 7.02. The molecule has 0 N–H and O–H groups in total. The van der Waals surface area contributed by atoms with E-state index in [9.17, 15) is 0 Å².